The first-order valence-electron chi connectivity index (χ1n) is 13.0. The van der Waals surface area contributed by atoms with E-state index in [9.17, 15) is 14.7 Å². The van der Waals surface area contributed by atoms with Crippen LogP contribution in [0.5, 0.6) is 5.75 Å². The van der Waals surface area contributed by atoms with Crippen LogP contribution in [0.3, 0.4) is 0 Å². The van der Waals surface area contributed by atoms with E-state index in [1.165, 1.54) is 0 Å². The molecule has 190 valence electrons. The van der Waals surface area contributed by atoms with Crippen LogP contribution in [0, 0.1) is 19.8 Å². The van der Waals surface area contributed by atoms with Gasteiger partial charge in [0.2, 0.25) is 0 Å². The molecule has 3 atom stereocenters. The van der Waals surface area contributed by atoms with Crippen molar-refractivity contribution in [2.24, 2.45) is 5.92 Å². The molecule has 2 aromatic carbocycles. The van der Waals surface area contributed by atoms with E-state index in [2.05, 4.69) is 0 Å². The molecule has 0 spiro atoms. The zero-order chi connectivity index (χ0) is 25.4. The molecule has 3 aromatic rings. The predicted octanol–water partition coefficient (Wildman–Crippen LogP) is 4.92. The van der Waals surface area contributed by atoms with Gasteiger partial charge >= 0.3 is 5.63 Å². The average molecular weight is 490 g/mol. The second kappa shape index (κ2) is 9.74. The highest BCUT2D eigenvalue weighted by molar-refractivity contribution is 5.89. The fourth-order valence-corrected chi connectivity index (χ4v) is 6.00. The van der Waals surface area contributed by atoms with Gasteiger partial charge in [0.15, 0.2) is 6.10 Å². The zero-order valence-electron chi connectivity index (χ0n) is 21.4. The smallest absolute Gasteiger partial charge is 0.340 e. The lowest BCUT2D eigenvalue weighted by molar-refractivity contribution is -0.149. The SMILES string of the molecule is Cc1cc(O[C@@H](C)C(=O)N2CC[C@@]3(O)CCCC[C@H]3C2)c2c(C)c(Cc3ccccc3)c(=O)oc2c1. The highest BCUT2D eigenvalue weighted by atomic mass is 16.5. The lowest BCUT2D eigenvalue weighted by Crippen LogP contribution is -2.56. The van der Waals surface area contributed by atoms with Crippen molar-refractivity contribution in [1.82, 2.24) is 4.90 Å². The van der Waals surface area contributed by atoms with Crippen molar-refractivity contribution in [3.05, 3.63) is 75.1 Å². The summed E-state index contributed by atoms with van der Waals surface area (Å²) in [5.74, 6) is 0.609. The summed E-state index contributed by atoms with van der Waals surface area (Å²) in [6.45, 7) is 6.73. The number of amides is 1. The minimum atomic E-state index is -0.700. The van der Waals surface area contributed by atoms with E-state index in [0.29, 0.717) is 42.8 Å². The topological polar surface area (TPSA) is 80.0 Å². The van der Waals surface area contributed by atoms with Crippen molar-refractivity contribution < 1.29 is 19.1 Å². The van der Waals surface area contributed by atoms with Gasteiger partial charge in [-0.15, -0.1) is 0 Å². The fourth-order valence-electron chi connectivity index (χ4n) is 6.00. The zero-order valence-corrected chi connectivity index (χ0v) is 21.4. The molecule has 2 fully saturated rings. The quantitative estimate of drug-likeness (QED) is 0.515. The predicted molar refractivity (Wildman–Crippen MR) is 139 cm³/mol. The van der Waals surface area contributed by atoms with E-state index in [0.717, 1.165) is 47.8 Å². The first kappa shape index (κ1) is 24.6. The molecule has 2 heterocycles. The molecule has 1 amide bonds. The Morgan fingerprint density at radius 1 is 1.19 bits per heavy atom. The number of ether oxygens (including phenoxy) is 1. The van der Waals surface area contributed by atoms with Crippen molar-refractivity contribution in [3.8, 4) is 5.75 Å². The van der Waals surface area contributed by atoms with Crippen molar-refractivity contribution in [3.63, 3.8) is 0 Å². The third-order valence-corrected chi connectivity index (χ3v) is 8.10. The molecule has 6 heteroatoms. The number of hydrogen-bond acceptors (Lipinski definition) is 5. The van der Waals surface area contributed by atoms with Gasteiger partial charge in [-0.05, 0) is 68.9 Å². The Bertz CT molecular complexity index is 1330. The van der Waals surface area contributed by atoms with Crippen molar-refractivity contribution >= 4 is 16.9 Å². The minimum absolute atomic E-state index is 0.0724. The third-order valence-electron chi connectivity index (χ3n) is 8.10. The molecular weight excluding hydrogens is 454 g/mol. The van der Waals surface area contributed by atoms with Crippen LogP contribution in [0.2, 0.25) is 0 Å². The molecular formula is C30H35NO5. The molecule has 1 aliphatic carbocycles. The summed E-state index contributed by atoms with van der Waals surface area (Å²) in [6.07, 6.45) is 4.33. The van der Waals surface area contributed by atoms with Gasteiger partial charge in [-0.25, -0.2) is 4.79 Å². The number of carbonyl (C=O) groups excluding carboxylic acids is 1. The van der Waals surface area contributed by atoms with E-state index >= 15 is 0 Å². The summed E-state index contributed by atoms with van der Waals surface area (Å²) in [5.41, 5.74) is 2.81. The summed E-state index contributed by atoms with van der Waals surface area (Å²) in [4.78, 5) is 28.1. The van der Waals surface area contributed by atoms with Crippen molar-refractivity contribution in [2.45, 2.75) is 71.0 Å². The van der Waals surface area contributed by atoms with Gasteiger partial charge in [-0.2, -0.15) is 0 Å². The van der Waals surface area contributed by atoms with E-state index in [1.807, 2.05) is 61.2 Å². The maximum Gasteiger partial charge on any atom is 0.340 e. The fraction of sp³-hybridized carbons (Fsp3) is 0.467. The van der Waals surface area contributed by atoms with Crippen LogP contribution < -0.4 is 10.4 Å². The highest BCUT2D eigenvalue weighted by Crippen LogP contribution is 2.40. The number of nitrogens with zero attached hydrogens (tertiary/aromatic N) is 1. The van der Waals surface area contributed by atoms with E-state index in [1.54, 1.807) is 6.92 Å². The van der Waals surface area contributed by atoms with E-state index in [4.69, 9.17) is 9.15 Å². The van der Waals surface area contributed by atoms with Crippen LogP contribution in [0.1, 0.15) is 61.3 Å². The lowest BCUT2D eigenvalue weighted by Gasteiger charge is -2.47. The Balaban J connectivity index is 1.42. The Labute approximate surface area is 211 Å². The summed E-state index contributed by atoms with van der Waals surface area (Å²) in [7, 11) is 0. The first-order chi connectivity index (χ1) is 17.2. The number of benzene rings is 2. The van der Waals surface area contributed by atoms with E-state index < -0.39 is 11.7 Å². The molecule has 1 aromatic heterocycles. The Hall–Kier alpha value is -3.12. The standard InChI is InChI=1S/C30H35NO5/c1-19-15-25(35-21(3)28(32)31-14-13-30(34)12-8-7-11-23(30)18-31)27-20(2)24(29(33)36-26(27)16-19)17-22-9-5-4-6-10-22/h4-6,9-10,15-16,21,23,34H,7-8,11-14,17-18H2,1-3H3/t21-,23-,30-/m0/s1. The molecule has 5 rings (SSSR count). The Kier molecular flexibility index (Phi) is 6.64. The molecule has 36 heavy (non-hydrogen) atoms. The number of likely N-dealkylation sites (tertiary alicyclic amines) is 1. The summed E-state index contributed by atoms with van der Waals surface area (Å²) < 4.78 is 12.0. The summed E-state index contributed by atoms with van der Waals surface area (Å²) >= 11 is 0. The van der Waals surface area contributed by atoms with Gasteiger partial charge in [0, 0.05) is 31.0 Å². The van der Waals surface area contributed by atoms with Crippen molar-refractivity contribution in [1.29, 1.82) is 0 Å². The van der Waals surface area contributed by atoms with Crippen LogP contribution in [-0.2, 0) is 11.2 Å². The van der Waals surface area contributed by atoms with Gasteiger partial charge in [0.05, 0.1) is 11.0 Å². The number of carbonyl (C=O) groups is 1. The molecule has 1 saturated heterocycles. The first-order valence-corrected chi connectivity index (χ1v) is 13.0. The van der Waals surface area contributed by atoms with Gasteiger partial charge < -0.3 is 19.2 Å². The summed E-state index contributed by atoms with van der Waals surface area (Å²) in [6, 6.07) is 13.6. The number of hydrogen-bond donors (Lipinski definition) is 1. The van der Waals surface area contributed by atoms with Gasteiger partial charge in [0.1, 0.15) is 11.3 Å². The van der Waals surface area contributed by atoms with Crippen LogP contribution in [-0.4, -0.2) is 40.7 Å². The largest absolute Gasteiger partial charge is 0.480 e. The molecule has 1 saturated carbocycles. The third kappa shape index (κ3) is 4.66. The second-order valence-corrected chi connectivity index (χ2v) is 10.6. The van der Waals surface area contributed by atoms with Crippen LogP contribution in [0.4, 0.5) is 0 Å². The molecule has 0 radical (unpaired) electrons. The van der Waals surface area contributed by atoms with Gasteiger partial charge in [-0.1, -0.05) is 43.2 Å². The Morgan fingerprint density at radius 3 is 2.75 bits per heavy atom. The number of piperidine rings is 1. The summed E-state index contributed by atoms with van der Waals surface area (Å²) in [5, 5.41) is 11.7. The maximum absolute atomic E-state index is 13.4. The average Bonchev–Trinajstić information content (AvgIpc) is 2.85. The van der Waals surface area contributed by atoms with Gasteiger partial charge in [0.25, 0.3) is 5.91 Å². The van der Waals surface area contributed by atoms with Crippen molar-refractivity contribution in [2.75, 3.05) is 13.1 Å². The van der Waals surface area contributed by atoms with E-state index in [-0.39, 0.29) is 17.5 Å². The van der Waals surface area contributed by atoms with Crippen LogP contribution >= 0.6 is 0 Å². The maximum atomic E-state index is 13.4. The van der Waals surface area contributed by atoms with Crippen LogP contribution in [0.15, 0.2) is 51.7 Å². The lowest BCUT2D eigenvalue weighted by atomic mass is 9.71. The normalized spacial score (nSPS) is 22.8. The highest BCUT2D eigenvalue weighted by Gasteiger charge is 2.44. The number of aliphatic hydroxyl groups is 1. The molecule has 2 aliphatic rings. The second-order valence-electron chi connectivity index (χ2n) is 10.6. The monoisotopic (exact) mass is 489 g/mol. The molecule has 1 N–H and O–H groups in total. The number of aryl methyl sites for hydroxylation is 2. The number of fused-ring (bicyclic) bond motifs is 2. The molecule has 6 nitrogen and oxygen atoms in total. The molecule has 0 unspecified atom stereocenters. The van der Waals surface area contributed by atoms with Crippen LogP contribution in [0.25, 0.3) is 11.0 Å². The minimum Gasteiger partial charge on any atom is -0.480 e. The Morgan fingerprint density at radius 2 is 1.97 bits per heavy atom. The number of rotatable bonds is 5. The molecule has 1 aliphatic heterocycles. The molecule has 0 bridgehead atoms. The van der Waals surface area contributed by atoms with Gasteiger partial charge in [-0.3, -0.25) is 4.79 Å².